The summed E-state index contributed by atoms with van der Waals surface area (Å²) in [7, 11) is 0. The van der Waals surface area contributed by atoms with Gasteiger partial charge in [0, 0.05) is 35.0 Å². The molecule has 0 N–H and O–H groups in total. The van der Waals surface area contributed by atoms with Crippen LogP contribution >= 0.6 is 0 Å². The van der Waals surface area contributed by atoms with Gasteiger partial charge < -0.3 is 18.9 Å². The highest BCUT2D eigenvalue weighted by Gasteiger charge is 2.26. The number of fused-ring (bicyclic) bond motifs is 5. The Kier molecular flexibility index (Phi) is 4.48. The van der Waals surface area contributed by atoms with Crippen molar-refractivity contribution in [2.75, 3.05) is 13.2 Å². The molecule has 0 saturated carbocycles. The molecule has 3 heterocycles. The van der Waals surface area contributed by atoms with Crippen LogP contribution in [-0.4, -0.2) is 30.5 Å². The molecule has 0 fully saturated rings. The second-order valence-corrected chi connectivity index (χ2v) is 5.70. The van der Waals surface area contributed by atoms with Crippen molar-refractivity contribution in [2.45, 2.75) is 13.8 Å². The van der Waals surface area contributed by atoms with Gasteiger partial charge in [0.05, 0.1) is 30.5 Å². The monoisotopic (exact) mass is 381 g/mol. The van der Waals surface area contributed by atoms with Gasteiger partial charge in [0.25, 0.3) is 0 Å². The van der Waals surface area contributed by atoms with Crippen molar-refractivity contribution in [2.24, 2.45) is 9.98 Å². The molecule has 0 saturated heterocycles. The summed E-state index contributed by atoms with van der Waals surface area (Å²) in [5, 5.41) is 0.927. The highest BCUT2D eigenvalue weighted by Crippen LogP contribution is 2.36. The normalized spacial score (nSPS) is 12.6. The third kappa shape index (κ3) is 3.07. The first kappa shape index (κ1) is 17.7. The molecule has 4 rings (SSSR count). The summed E-state index contributed by atoms with van der Waals surface area (Å²) in [4.78, 5) is 36.3. The minimum Gasteiger partial charge on any atom is -0.434 e. The van der Waals surface area contributed by atoms with E-state index in [-0.39, 0.29) is 24.8 Å². The summed E-state index contributed by atoms with van der Waals surface area (Å²) < 4.78 is 20.1. The molecule has 28 heavy (non-hydrogen) atoms. The van der Waals surface area contributed by atoms with Crippen LogP contribution in [0.3, 0.4) is 0 Å². The fourth-order valence-electron chi connectivity index (χ4n) is 2.95. The molecule has 2 aliphatic rings. The smallest absolute Gasteiger partial charge is 0.434 e. The molecule has 1 aromatic heterocycles. The van der Waals surface area contributed by atoms with Crippen molar-refractivity contribution in [3.05, 3.63) is 46.7 Å². The van der Waals surface area contributed by atoms with Gasteiger partial charge in [-0.3, -0.25) is 4.98 Å². The highest BCUT2D eigenvalue weighted by molar-refractivity contribution is 5.87. The van der Waals surface area contributed by atoms with E-state index in [9.17, 15) is 9.59 Å². The topological polar surface area (TPSA) is 109 Å². The first-order chi connectivity index (χ1) is 13.6. The van der Waals surface area contributed by atoms with Crippen molar-refractivity contribution in [1.82, 2.24) is 4.98 Å². The standard InChI is InChI=1S/C19H15N3O6/c1-3-25-18(23)27-14-8-12-11(7-15(21-12)28-19(24)26-4-2)16-10-5-6-20-9-13(10)22-17(14)16/h5-9H,3-4H2,1-2H3. The van der Waals surface area contributed by atoms with E-state index >= 15 is 0 Å². The van der Waals surface area contributed by atoms with Crippen LogP contribution in [-0.2, 0) is 14.2 Å². The quantitative estimate of drug-likeness (QED) is 0.505. The largest absolute Gasteiger partial charge is 0.515 e. The number of benzene rings is 1. The van der Waals surface area contributed by atoms with Gasteiger partial charge in [-0.1, -0.05) is 0 Å². The SMILES string of the molecule is CCOC(=O)OC1=Cc2c3c(c(OC(=O)OCC)cc2=N1)=Nc1cnccc1-3. The van der Waals surface area contributed by atoms with Gasteiger partial charge in [-0.25, -0.2) is 19.6 Å². The molecule has 0 spiro atoms. The molecule has 142 valence electrons. The Morgan fingerprint density at radius 2 is 1.79 bits per heavy atom. The van der Waals surface area contributed by atoms with Gasteiger partial charge in [-0.15, -0.1) is 0 Å². The van der Waals surface area contributed by atoms with Crippen LogP contribution < -0.4 is 15.5 Å². The summed E-state index contributed by atoms with van der Waals surface area (Å²) >= 11 is 0. The Balaban J connectivity index is 1.82. The molecular formula is C19H15N3O6. The molecule has 9 nitrogen and oxygen atoms in total. The van der Waals surface area contributed by atoms with Crippen molar-refractivity contribution < 1.29 is 28.5 Å². The molecule has 0 amide bonds. The fraction of sp³-hybridized carbons (Fsp3) is 0.211. The van der Waals surface area contributed by atoms with Gasteiger partial charge in [0.1, 0.15) is 5.36 Å². The maximum atomic E-state index is 11.8. The van der Waals surface area contributed by atoms with E-state index in [2.05, 4.69) is 15.0 Å². The predicted octanol–water partition coefficient (Wildman–Crippen LogP) is 2.65. The zero-order valence-corrected chi connectivity index (χ0v) is 15.1. The van der Waals surface area contributed by atoms with Crippen LogP contribution in [0, 0.1) is 0 Å². The van der Waals surface area contributed by atoms with Crippen LogP contribution in [0.1, 0.15) is 19.4 Å². The molecule has 9 heteroatoms. The molecule has 2 aromatic rings. The number of pyridine rings is 1. The highest BCUT2D eigenvalue weighted by atomic mass is 16.7. The van der Waals surface area contributed by atoms with Crippen molar-refractivity contribution >= 4 is 24.1 Å². The lowest BCUT2D eigenvalue weighted by molar-refractivity contribution is 0.0817. The summed E-state index contributed by atoms with van der Waals surface area (Å²) in [5.74, 6) is 0.268. The van der Waals surface area contributed by atoms with E-state index in [4.69, 9.17) is 18.9 Å². The lowest BCUT2D eigenvalue weighted by Crippen LogP contribution is -2.21. The third-order valence-electron chi connectivity index (χ3n) is 3.99. The lowest BCUT2D eigenvalue weighted by atomic mass is 10.00. The van der Waals surface area contributed by atoms with E-state index < -0.39 is 12.3 Å². The number of carbonyl (C=O) groups excluding carboxylic acids is 2. The van der Waals surface area contributed by atoms with Gasteiger partial charge in [0.15, 0.2) is 5.75 Å². The summed E-state index contributed by atoms with van der Waals surface area (Å²) in [6.07, 6.45) is 3.18. The third-order valence-corrected chi connectivity index (χ3v) is 3.99. The molecule has 0 radical (unpaired) electrons. The number of rotatable bonds is 4. The van der Waals surface area contributed by atoms with Gasteiger partial charge in [-0.05, 0) is 19.9 Å². The van der Waals surface area contributed by atoms with Gasteiger partial charge in [-0.2, -0.15) is 0 Å². The number of hydrogen-bond donors (Lipinski definition) is 0. The Morgan fingerprint density at radius 3 is 2.54 bits per heavy atom. The molecule has 0 unspecified atom stereocenters. The Morgan fingerprint density at radius 1 is 1.04 bits per heavy atom. The second kappa shape index (κ2) is 7.10. The van der Waals surface area contributed by atoms with Crippen LogP contribution in [0.4, 0.5) is 15.3 Å². The van der Waals surface area contributed by atoms with Crippen molar-refractivity contribution in [3.8, 4) is 16.9 Å². The number of carbonyl (C=O) groups is 2. The Labute approximate surface area is 158 Å². The maximum absolute atomic E-state index is 11.8. The number of nitrogens with zero attached hydrogens (tertiary/aromatic N) is 3. The van der Waals surface area contributed by atoms with Gasteiger partial charge in [0.2, 0.25) is 5.88 Å². The molecule has 1 aromatic carbocycles. The van der Waals surface area contributed by atoms with Crippen LogP contribution in [0.15, 0.2) is 40.4 Å². The molecule has 2 aliphatic heterocycles. The number of ether oxygens (including phenoxy) is 4. The first-order valence-electron chi connectivity index (χ1n) is 8.60. The fourth-order valence-corrected chi connectivity index (χ4v) is 2.95. The van der Waals surface area contributed by atoms with Crippen molar-refractivity contribution in [3.63, 3.8) is 0 Å². The number of hydrogen-bond acceptors (Lipinski definition) is 9. The van der Waals surface area contributed by atoms with Crippen LogP contribution in [0.5, 0.6) is 5.75 Å². The minimum atomic E-state index is -0.848. The zero-order valence-electron chi connectivity index (χ0n) is 15.1. The van der Waals surface area contributed by atoms with E-state index in [1.807, 2.05) is 0 Å². The molecule has 0 bridgehead atoms. The summed E-state index contributed by atoms with van der Waals surface area (Å²) in [6.45, 7) is 3.72. The first-order valence-corrected chi connectivity index (χ1v) is 8.60. The second-order valence-electron chi connectivity index (χ2n) is 5.70. The van der Waals surface area contributed by atoms with E-state index in [0.717, 1.165) is 5.56 Å². The number of aromatic nitrogens is 1. The average molecular weight is 381 g/mol. The van der Waals surface area contributed by atoms with E-state index in [1.165, 1.54) is 0 Å². The predicted molar refractivity (Wildman–Crippen MR) is 95.4 cm³/mol. The lowest BCUT2D eigenvalue weighted by Gasteiger charge is -2.07. The van der Waals surface area contributed by atoms with E-state index in [1.54, 1.807) is 44.4 Å². The zero-order chi connectivity index (χ0) is 19.7. The van der Waals surface area contributed by atoms with Crippen LogP contribution in [0.2, 0.25) is 0 Å². The van der Waals surface area contributed by atoms with Crippen LogP contribution in [0.25, 0.3) is 17.2 Å². The average Bonchev–Trinajstić information content (AvgIpc) is 3.22. The summed E-state index contributed by atoms with van der Waals surface area (Å²) in [6, 6.07) is 3.35. The molecular weight excluding hydrogens is 366 g/mol. The Hall–Kier alpha value is -3.75. The van der Waals surface area contributed by atoms with Crippen molar-refractivity contribution in [1.29, 1.82) is 0 Å². The molecule has 0 atom stereocenters. The maximum Gasteiger partial charge on any atom is 0.515 e. The Bertz CT molecular complexity index is 1140. The van der Waals surface area contributed by atoms with Gasteiger partial charge >= 0.3 is 12.3 Å². The summed E-state index contributed by atoms with van der Waals surface area (Å²) in [5.41, 5.74) is 2.84. The molecule has 0 aliphatic carbocycles. The minimum absolute atomic E-state index is 0.0754. The van der Waals surface area contributed by atoms with E-state index in [0.29, 0.717) is 27.5 Å².